The number of rotatable bonds is 5. The van der Waals surface area contributed by atoms with Crippen molar-refractivity contribution in [2.45, 2.75) is 12.8 Å². The molecule has 0 aromatic carbocycles. The predicted molar refractivity (Wildman–Crippen MR) is 68.6 cm³/mol. The molecule has 2 N–H and O–H groups in total. The Hall–Kier alpha value is -2.35. The van der Waals surface area contributed by atoms with Gasteiger partial charge >= 0.3 is 5.97 Å². The lowest BCUT2D eigenvalue weighted by molar-refractivity contribution is -0.138. The summed E-state index contributed by atoms with van der Waals surface area (Å²) in [6.45, 7) is 0. The second-order valence-corrected chi connectivity index (χ2v) is 4.57. The van der Waals surface area contributed by atoms with Gasteiger partial charge in [-0.15, -0.1) is 10.2 Å². The first-order chi connectivity index (χ1) is 9.15. The molecular formula is C11H10N4O3S. The van der Waals surface area contributed by atoms with Crippen LogP contribution >= 0.6 is 11.3 Å². The number of nitrogens with zero attached hydrogens (tertiary/aromatic N) is 3. The van der Waals surface area contributed by atoms with Gasteiger partial charge in [-0.25, -0.2) is 0 Å². The Morgan fingerprint density at radius 3 is 2.84 bits per heavy atom. The normalized spacial score (nSPS) is 10.1. The summed E-state index contributed by atoms with van der Waals surface area (Å²) in [5.74, 6) is -1.40. The highest BCUT2D eigenvalue weighted by molar-refractivity contribution is 7.18. The van der Waals surface area contributed by atoms with Gasteiger partial charge in [-0.3, -0.25) is 14.6 Å². The smallest absolute Gasteiger partial charge is 0.303 e. The van der Waals surface area contributed by atoms with Gasteiger partial charge in [-0.05, 0) is 12.1 Å². The third kappa shape index (κ3) is 3.81. The van der Waals surface area contributed by atoms with Crippen LogP contribution in [0.2, 0.25) is 0 Å². The quantitative estimate of drug-likeness (QED) is 0.856. The highest BCUT2D eigenvalue weighted by atomic mass is 32.1. The van der Waals surface area contributed by atoms with Crippen LogP contribution in [0.15, 0.2) is 24.5 Å². The predicted octanol–water partition coefficient (Wildman–Crippen LogP) is 1.40. The van der Waals surface area contributed by atoms with Gasteiger partial charge in [0.15, 0.2) is 5.01 Å². The third-order valence-electron chi connectivity index (χ3n) is 2.15. The molecule has 0 unspecified atom stereocenters. The van der Waals surface area contributed by atoms with Crippen molar-refractivity contribution in [3.05, 3.63) is 24.5 Å². The first-order valence-corrected chi connectivity index (χ1v) is 6.22. The lowest BCUT2D eigenvalue weighted by Crippen LogP contribution is -2.12. The van der Waals surface area contributed by atoms with Crippen molar-refractivity contribution in [1.29, 1.82) is 0 Å². The fraction of sp³-hybridized carbons (Fsp3) is 0.182. The van der Waals surface area contributed by atoms with Crippen LogP contribution in [0, 0.1) is 0 Å². The first kappa shape index (κ1) is 13.1. The first-order valence-electron chi connectivity index (χ1n) is 5.40. The second kappa shape index (κ2) is 6.01. The van der Waals surface area contributed by atoms with Crippen LogP contribution in [0.25, 0.3) is 10.6 Å². The monoisotopic (exact) mass is 278 g/mol. The van der Waals surface area contributed by atoms with Crippen molar-refractivity contribution in [1.82, 2.24) is 15.2 Å². The molecule has 0 aliphatic heterocycles. The number of carbonyl (C=O) groups is 2. The number of hydrogen-bond donors (Lipinski definition) is 2. The molecule has 2 rings (SSSR count). The molecule has 98 valence electrons. The topological polar surface area (TPSA) is 105 Å². The van der Waals surface area contributed by atoms with Crippen LogP contribution in [-0.4, -0.2) is 32.2 Å². The standard InChI is InChI=1S/C11H10N4O3S/c16-8(3-4-9(17)18)13-11-15-14-10(19-11)7-2-1-5-12-6-7/h1-2,5-6H,3-4H2,(H,17,18)(H,13,15,16). The second-order valence-electron chi connectivity index (χ2n) is 3.60. The van der Waals surface area contributed by atoms with E-state index in [-0.39, 0.29) is 12.8 Å². The Labute approximate surface area is 112 Å². The molecule has 0 saturated carbocycles. The Morgan fingerprint density at radius 1 is 1.32 bits per heavy atom. The molecular weight excluding hydrogens is 268 g/mol. The van der Waals surface area contributed by atoms with Gasteiger partial charge in [0.05, 0.1) is 6.42 Å². The van der Waals surface area contributed by atoms with Gasteiger partial charge in [0, 0.05) is 24.4 Å². The minimum atomic E-state index is -1.01. The van der Waals surface area contributed by atoms with E-state index in [0.29, 0.717) is 10.1 Å². The van der Waals surface area contributed by atoms with Crippen molar-refractivity contribution in [3.63, 3.8) is 0 Å². The molecule has 0 atom stereocenters. The number of nitrogens with one attached hydrogen (secondary N) is 1. The van der Waals surface area contributed by atoms with Crippen molar-refractivity contribution >= 4 is 28.3 Å². The number of pyridine rings is 1. The zero-order chi connectivity index (χ0) is 13.7. The Kier molecular flexibility index (Phi) is 4.14. The van der Waals surface area contributed by atoms with E-state index in [4.69, 9.17) is 5.11 Å². The Morgan fingerprint density at radius 2 is 2.16 bits per heavy atom. The zero-order valence-corrected chi connectivity index (χ0v) is 10.6. The van der Waals surface area contributed by atoms with Gasteiger partial charge < -0.3 is 10.4 Å². The molecule has 0 aliphatic rings. The van der Waals surface area contributed by atoms with E-state index in [0.717, 1.165) is 5.56 Å². The van der Waals surface area contributed by atoms with Crippen LogP contribution in [0.5, 0.6) is 0 Å². The molecule has 0 spiro atoms. The SMILES string of the molecule is O=C(O)CCC(=O)Nc1nnc(-c2cccnc2)s1. The van der Waals surface area contributed by atoms with E-state index < -0.39 is 11.9 Å². The summed E-state index contributed by atoms with van der Waals surface area (Å²) in [4.78, 5) is 25.7. The summed E-state index contributed by atoms with van der Waals surface area (Å²) in [6.07, 6.45) is 3.01. The molecule has 2 aromatic heterocycles. The van der Waals surface area contributed by atoms with E-state index in [9.17, 15) is 9.59 Å². The van der Waals surface area contributed by atoms with Crippen LogP contribution in [0.4, 0.5) is 5.13 Å². The maximum absolute atomic E-state index is 11.4. The summed E-state index contributed by atoms with van der Waals surface area (Å²) >= 11 is 1.21. The van der Waals surface area contributed by atoms with Crippen molar-refractivity contribution in [2.24, 2.45) is 0 Å². The van der Waals surface area contributed by atoms with Crippen LogP contribution in [-0.2, 0) is 9.59 Å². The number of anilines is 1. The van der Waals surface area contributed by atoms with Crippen molar-refractivity contribution < 1.29 is 14.7 Å². The molecule has 8 heteroatoms. The summed E-state index contributed by atoms with van der Waals surface area (Å²) in [5, 5.41) is 19.7. The van der Waals surface area contributed by atoms with Crippen molar-refractivity contribution in [3.8, 4) is 10.6 Å². The van der Waals surface area contributed by atoms with E-state index in [1.54, 1.807) is 18.5 Å². The van der Waals surface area contributed by atoms with E-state index in [2.05, 4.69) is 20.5 Å². The minimum Gasteiger partial charge on any atom is -0.481 e. The largest absolute Gasteiger partial charge is 0.481 e. The molecule has 0 aliphatic carbocycles. The lowest BCUT2D eigenvalue weighted by Gasteiger charge is -1.97. The Balaban J connectivity index is 1.98. The molecule has 0 saturated heterocycles. The number of aliphatic carboxylic acids is 1. The number of carboxylic acids is 1. The van der Waals surface area contributed by atoms with Crippen LogP contribution < -0.4 is 5.32 Å². The summed E-state index contributed by atoms with van der Waals surface area (Å²) in [6, 6.07) is 3.62. The average molecular weight is 278 g/mol. The molecule has 0 radical (unpaired) electrons. The number of hydrogen-bond acceptors (Lipinski definition) is 6. The summed E-state index contributed by atoms with van der Waals surface area (Å²) < 4.78 is 0. The number of carbonyl (C=O) groups excluding carboxylic acids is 1. The highest BCUT2D eigenvalue weighted by Gasteiger charge is 2.10. The minimum absolute atomic E-state index is 0.0862. The number of carboxylic acid groups (broad SMARTS) is 1. The van der Waals surface area contributed by atoms with E-state index in [1.807, 2.05) is 6.07 Å². The molecule has 2 aromatic rings. The van der Waals surface area contributed by atoms with Gasteiger partial charge in [-0.2, -0.15) is 0 Å². The summed E-state index contributed by atoms with van der Waals surface area (Å²) in [5.41, 5.74) is 0.811. The lowest BCUT2D eigenvalue weighted by atomic mass is 10.3. The molecule has 19 heavy (non-hydrogen) atoms. The van der Waals surface area contributed by atoms with E-state index >= 15 is 0 Å². The van der Waals surface area contributed by atoms with Gasteiger partial charge in [-0.1, -0.05) is 11.3 Å². The number of aromatic nitrogens is 3. The maximum atomic E-state index is 11.4. The van der Waals surface area contributed by atoms with Crippen molar-refractivity contribution in [2.75, 3.05) is 5.32 Å². The molecule has 0 bridgehead atoms. The fourth-order valence-electron chi connectivity index (χ4n) is 1.28. The summed E-state index contributed by atoms with van der Waals surface area (Å²) in [7, 11) is 0. The molecule has 0 fully saturated rings. The number of amides is 1. The Bertz CT molecular complexity index is 585. The van der Waals surface area contributed by atoms with Crippen LogP contribution in [0.1, 0.15) is 12.8 Å². The van der Waals surface area contributed by atoms with Gasteiger partial charge in [0.2, 0.25) is 11.0 Å². The zero-order valence-electron chi connectivity index (χ0n) is 9.74. The maximum Gasteiger partial charge on any atom is 0.303 e. The van der Waals surface area contributed by atoms with Crippen LogP contribution in [0.3, 0.4) is 0 Å². The van der Waals surface area contributed by atoms with E-state index in [1.165, 1.54) is 11.3 Å². The molecule has 1 amide bonds. The van der Waals surface area contributed by atoms with Gasteiger partial charge in [0.25, 0.3) is 0 Å². The highest BCUT2D eigenvalue weighted by Crippen LogP contribution is 2.25. The molecule has 7 nitrogen and oxygen atoms in total. The van der Waals surface area contributed by atoms with Gasteiger partial charge in [0.1, 0.15) is 0 Å². The third-order valence-corrected chi connectivity index (χ3v) is 3.03. The molecule has 2 heterocycles. The average Bonchev–Trinajstić information content (AvgIpc) is 2.86. The fourth-order valence-corrected chi connectivity index (χ4v) is 2.03.